The molecule has 3 aromatic rings. The van der Waals surface area contributed by atoms with Gasteiger partial charge in [-0.2, -0.15) is 18.3 Å². The molecule has 34 heavy (non-hydrogen) atoms. The number of hydrogen-bond donors (Lipinski definition) is 1. The number of carbonyl (C=O) groups is 1. The third kappa shape index (κ3) is 5.71. The Morgan fingerprint density at radius 2 is 1.88 bits per heavy atom. The Labute approximate surface area is 201 Å². The Morgan fingerprint density at radius 3 is 2.50 bits per heavy atom. The number of likely N-dealkylation sites (N-methyl/N-ethyl adjacent to an activating group) is 1. The number of amides is 1. The first-order valence-electron chi connectivity index (χ1n) is 10.8. The van der Waals surface area contributed by atoms with Crippen LogP contribution in [0.5, 0.6) is 5.75 Å². The first kappa shape index (κ1) is 25.6. The molecule has 0 fully saturated rings. The van der Waals surface area contributed by atoms with Crippen LogP contribution in [-0.2, 0) is 6.18 Å². The molecule has 0 aliphatic rings. The second-order valence-electron chi connectivity index (χ2n) is 7.52. The summed E-state index contributed by atoms with van der Waals surface area (Å²) in [7, 11) is 1.56. The van der Waals surface area contributed by atoms with Crippen LogP contribution >= 0.6 is 11.6 Å². The number of nitrogens with one attached hydrogen (secondary N) is 1. The summed E-state index contributed by atoms with van der Waals surface area (Å²) >= 11 is 5.94. The van der Waals surface area contributed by atoms with Crippen molar-refractivity contribution >= 4 is 17.5 Å². The second-order valence-corrected chi connectivity index (χ2v) is 7.96. The van der Waals surface area contributed by atoms with E-state index in [4.69, 9.17) is 16.3 Å². The number of ether oxygens (including phenoxy) is 1. The van der Waals surface area contributed by atoms with Crippen LogP contribution in [0.15, 0.2) is 54.7 Å². The number of methoxy groups -OCH3 is 1. The van der Waals surface area contributed by atoms with Gasteiger partial charge in [-0.05, 0) is 49.0 Å². The predicted molar refractivity (Wildman–Crippen MR) is 125 cm³/mol. The van der Waals surface area contributed by atoms with Gasteiger partial charge in [-0.3, -0.25) is 9.69 Å². The maximum absolute atomic E-state index is 14.0. The van der Waals surface area contributed by atoms with Gasteiger partial charge in [0.1, 0.15) is 5.75 Å². The quantitative estimate of drug-likeness (QED) is 0.434. The second kappa shape index (κ2) is 10.9. The van der Waals surface area contributed by atoms with Crippen molar-refractivity contribution in [2.24, 2.45) is 0 Å². The van der Waals surface area contributed by atoms with E-state index in [0.717, 1.165) is 11.8 Å². The molecule has 0 aliphatic heterocycles. The van der Waals surface area contributed by atoms with Crippen molar-refractivity contribution in [2.75, 3.05) is 26.7 Å². The van der Waals surface area contributed by atoms with E-state index in [1.165, 1.54) is 18.2 Å². The SMILES string of the molecule is CCN(CC)C(CNC(=O)c1cnn(-c2cccc(Cl)c2)c1C(F)(F)F)c1cccc(OC)c1. The molecule has 10 heteroatoms. The third-order valence-electron chi connectivity index (χ3n) is 5.52. The van der Waals surface area contributed by atoms with E-state index in [9.17, 15) is 18.0 Å². The van der Waals surface area contributed by atoms with Gasteiger partial charge >= 0.3 is 6.18 Å². The molecular formula is C24H26ClF3N4O2. The molecule has 2 aromatic carbocycles. The molecule has 1 atom stereocenters. The van der Waals surface area contributed by atoms with Crippen molar-refractivity contribution in [1.82, 2.24) is 20.0 Å². The lowest BCUT2D eigenvalue weighted by molar-refractivity contribution is -0.143. The van der Waals surface area contributed by atoms with Gasteiger partial charge in [-0.15, -0.1) is 0 Å². The lowest BCUT2D eigenvalue weighted by Crippen LogP contribution is -2.38. The Hall–Kier alpha value is -3.04. The third-order valence-corrected chi connectivity index (χ3v) is 5.76. The van der Waals surface area contributed by atoms with E-state index in [1.54, 1.807) is 19.2 Å². The Kier molecular flexibility index (Phi) is 8.22. The highest BCUT2D eigenvalue weighted by molar-refractivity contribution is 6.30. The van der Waals surface area contributed by atoms with Crippen molar-refractivity contribution in [3.63, 3.8) is 0 Å². The lowest BCUT2D eigenvalue weighted by Gasteiger charge is -2.30. The minimum absolute atomic E-state index is 0.104. The number of hydrogen-bond acceptors (Lipinski definition) is 4. The van der Waals surface area contributed by atoms with Gasteiger partial charge in [-0.1, -0.05) is 43.6 Å². The zero-order valence-corrected chi connectivity index (χ0v) is 19.8. The van der Waals surface area contributed by atoms with Crippen LogP contribution in [0.2, 0.25) is 5.02 Å². The minimum Gasteiger partial charge on any atom is -0.497 e. The number of rotatable bonds is 9. The number of aromatic nitrogens is 2. The number of carbonyl (C=O) groups excluding carboxylic acids is 1. The van der Waals surface area contributed by atoms with Gasteiger partial charge in [0.2, 0.25) is 0 Å². The van der Waals surface area contributed by atoms with Crippen molar-refractivity contribution < 1.29 is 22.7 Å². The summed E-state index contributed by atoms with van der Waals surface area (Å²) in [4.78, 5) is 15.1. The largest absolute Gasteiger partial charge is 0.497 e. The monoisotopic (exact) mass is 494 g/mol. The molecule has 3 rings (SSSR count). The smallest absolute Gasteiger partial charge is 0.434 e. The van der Waals surface area contributed by atoms with Crippen LogP contribution in [0.3, 0.4) is 0 Å². The van der Waals surface area contributed by atoms with E-state index >= 15 is 0 Å². The van der Waals surface area contributed by atoms with Gasteiger partial charge in [0, 0.05) is 11.6 Å². The maximum atomic E-state index is 14.0. The van der Waals surface area contributed by atoms with E-state index < -0.39 is 23.3 Å². The topological polar surface area (TPSA) is 59.4 Å². The summed E-state index contributed by atoms with van der Waals surface area (Å²) in [5.41, 5.74) is -0.727. The first-order valence-corrected chi connectivity index (χ1v) is 11.1. The molecule has 1 aromatic heterocycles. The van der Waals surface area contributed by atoms with Crippen LogP contribution in [0, 0.1) is 0 Å². The summed E-state index contributed by atoms with van der Waals surface area (Å²) in [6.45, 7) is 5.45. The highest BCUT2D eigenvalue weighted by Crippen LogP contribution is 2.34. The molecule has 0 bridgehead atoms. The van der Waals surface area contributed by atoms with E-state index in [0.29, 0.717) is 23.5 Å². The van der Waals surface area contributed by atoms with E-state index in [2.05, 4.69) is 15.3 Å². The summed E-state index contributed by atoms with van der Waals surface area (Å²) in [5, 5.41) is 6.77. The van der Waals surface area contributed by atoms with Crippen molar-refractivity contribution in [1.29, 1.82) is 0 Å². The fourth-order valence-electron chi connectivity index (χ4n) is 3.85. The molecule has 182 valence electrons. The molecule has 0 spiro atoms. The zero-order chi connectivity index (χ0) is 24.9. The maximum Gasteiger partial charge on any atom is 0.434 e. The molecular weight excluding hydrogens is 469 g/mol. The van der Waals surface area contributed by atoms with Gasteiger partial charge < -0.3 is 10.1 Å². The fourth-order valence-corrected chi connectivity index (χ4v) is 4.03. The summed E-state index contributed by atoms with van der Waals surface area (Å²) in [6.07, 6.45) is -3.88. The predicted octanol–water partition coefficient (Wildman–Crippen LogP) is 5.37. The van der Waals surface area contributed by atoms with Crippen LogP contribution in [0.1, 0.15) is 41.5 Å². The minimum atomic E-state index is -4.81. The lowest BCUT2D eigenvalue weighted by atomic mass is 10.0. The highest BCUT2D eigenvalue weighted by Gasteiger charge is 2.40. The van der Waals surface area contributed by atoms with Crippen LogP contribution in [0.4, 0.5) is 13.2 Å². The number of nitrogens with zero attached hydrogens (tertiary/aromatic N) is 3. The van der Waals surface area contributed by atoms with Gasteiger partial charge in [0.05, 0.1) is 30.6 Å². The molecule has 6 nitrogen and oxygen atoms in total. The molecule has 0 saturated carbocycles. The van der Waals surface area contributed by atoms with Crippen molar-refractivity contribution in [3.05, 3.63) is 76.6 Å². The number of halogens is 4. The Morgan fingerprint density at radius 1 is 1.18 bits per heavy atom. The Bertz CT molecular complexity index is 1130. The zero-order valence-electron chi connectivity index (χ0n) is 19.1. The highest BCUT2D eigenvalue weighted by atomic mass is 35.5. The average molecular weight is 495 g/mol. The summed E-state index contributed by atoms with van der Waals surface area (Å²) in [5.74, 6) is -0.205. The molecule has 1 heterocycles. The summed E-state index contributed by atoms with van der Waals surface area (Å²) < 4.78 is 47.9. The van der Waals surface area contributed by atoms with Crippen LogP contribution in [-0.4, -0.2) is 47.3 Å². The standard InChI is InChI=1S/C24H26ClF3N4O2/c1-4-31(5-2)21(16-8-6-11-19(12-16)34-3)15-29-23(33)20-14-30-32(22(20)24(26,27)28)18-10-7-9-17(25)13-18/h6-14,21H,4-5,15H2,1-3H3,(H,29,33). The van der Waals surface area contributed by atoms with Crippen LogP contribution in [0.25, 0.3) is 5.69 Å². The van der Waals surface area contributed by atoms with E-state index in [-0.39, 0.29) is 23.3 Å². The fraction of sp³-hybridized carbons (Fsp3) is 0.333. The van der Waals surface area contributed by atoms with Crippen LogP contribution < -0.4 is 10.1 Å². The molecule has 1 unspecified atom stereocenters. The average Bonchev–Trinajstić information content (AvgIpc) is 3.28. The van der Waals surface area contributed by atoms with Crippen molar-refractivity contribution in [3.8, 4) is 11.4 Å². The number of benzene rings is 2. The first-order chi connectivity index (χ1) is 16.2. The van der Waals surface area contributed by atoms with E-state index in [1.807, 2.05) is 32.0 Å². The molecule has 1 amide bonds. The van der Waals surface area contributed by atoms with Gasteiger partial charge in [0.15, 0.2) is 5.69 Å². The summed E-state index contributed by atoms with van der Waals surface area (Å²) in [6, 6.07) is 13.0. The molecule has 0 radical (unpaired) electrons. The van der Waals surface area contributed by atoms with Crippen molar-refractivity contribution in [2.45, 2.75) is 26.1 Å². The molecule has 1 N–H and O–H groups in total. The van der Waals surface area contributed by atoms with Gasteiger partial charge in [-0.25, -0.2) is 4.68 Å². The molecule has 0 saturated heterocycles. The molecule has 0 aliphatic carbocycles. The Balaban J connectivity index is 1.91. The number of alkyl halides is 3. The normalized spacial score (nSPS) is 12.6. The van der Waals surface area contributed by atoms with Gasteiger partial charge in [0.25, 0.3) is 5.91 Å².